The fraction of sp³-hybridized carbons (Fsp3) is 0. The summed E-state index contributed by atoms with van der Waals surface area (Å²) < 4.78 is 5.05. The van der Waals surface area contributed by atoms with Crippen molar-refractivity contribution < 1.29 is 0 Å². The molecule has 262 valence electrons. The van der Waals surface area contributed by atoms with Crippen LogP contribution in [0.25, 0.3) is 104 Å². The van der Waals surface area contributed by atoms with E-state index in [9.17, 15) is 0 Å². The maximum Gasteiger partial charge on any atom is 0.160 e. The normalized spacial score (nSPS) is 11.6. The Balaban J connectivity index is 1.04. The molecule has 0 saturated carbocycles. The molecule has 0 aliphatic carbocycles. The van der Waals surface area contributed by atoms with Crippen LogP contribution in [0.4, 0.5) is 0 Å². The maximum absolute atomic E-state index is 5.24. The van der Waals surface area contributed by atoms with Crippen molar-refractivity contribution in [2.45, 2.75) is 0 Å². The Morgan fingerprint density at radius 3 is 1.77 bits per heavy atom. The number of rotatable bonds is 6. The third-order valence-electron chi connectivity index (χ3n) is 10.9. The second-order valence-corrected chi connectivity index (χ2v) is 15.2. The van der Waals surface area contributed by atoms with Crippen molar-refractivity contribution in [3.63, 3.8) is 0 Å². The van der Waals surface area contributed by atoms with Crippen LogP contribution in [-0.2, 0) is 0 Å². The van der Waals surface area contributed by atoms with Gasteiger partial charge in [0.05, 0.1) is 22.4 Å². The minimum Gasteiger partial charge on any atom is -0.309 e. The zero-order valence-corrected chi connectivity index (χ0v) is 31.1. The first-order chi connectivity index (χ1) is 27.8. The molecule has 3 heterocycles. The van der Waals surface area contributed by atoms with Crippen molar-refractivity contribution in [1.82, 2.24) is 14.5 Å². The Labute approximate surface area is 328 Å². The van der Waals surface area contributed by atoms with Crippen LogP contribution in [0.15, 0.2) is 200 Å². The summed E-state index contributed by atoms with van der Waals surface area (Å²) in [6.07, 6.45) is 0. The van der Waals surface area contributed by atoms with Crippen molar-refractivity contribution in [3.8, 4) is 61.8 Å². The Kier molecular flexibility index (Phi) is 7.68. The van der Waals surface area contributed by atoms with E-state index < -0.39 is 0 Å². The number of nitrogens with zero attached hydrogens (tertiary/aromatic N) is 3. The van der Waals surface area contributed by atoms with Gasteiger partial charge in [-0.1, -0.05) is 158 Å². The first-order valence-electron chi connectivity index (χ1n) is 18.9. The Bertz CT molecular complexity index is 3230. The second kappa shape index (κ2) is 13.3. The summed E-state index contributed by atoms with van der Waals surface area (Å²) in [5.74, 6) is 0.696. The van der Waals surface area contributed by atoms with Crippen molar-refractivity contribution >= 4 is 53.3 Å². The van der Waals surface area contributed by atoms with E-state index in [1.807, 2.05) is 17.4 Å². The van der Waals surface area contributed by atoms with E-state index in [-0.39, 0.29) is 0 Å². The summed E-state index contributed by atoms with van der Waals surface area (Å²) in [6, 6.07) is 71.3. The second-order valence-electron chi connectivity index (χ2n) is 14.1. The molecule has 0 aliphatic heterocycles. The molecular weight excluding hydrogens is 699 g/mol. The number of fused-ring (bicyclic) bond motifs is 6. The molecule has 0 atom stereocenters. The third-order valence-corrected chi connectivity index (χ3v) is 12.0. The highest BCUT2D eigenvalue weighted by Gasteiger charge is 2.18. The van der Waals surface area contributed by atoms with Crippen LogP contribution >= 0.6 is 11.3 Å². The summed E-state index contributed by atoms with van der Waals surface area (Å²) in [6.45, 7) is 0. The molecule has 0 bridgehead atoms. The quantitative estimate of drug-likeness (QED) is 0.170. The standard InChI is InChI=1S/C52H33N3S/c1-3-14-34(15-4-1)39-18-7-8-19-41(39)46-33-45(36-16-5-2-6-17-36)53-52(54-46)37-28-26-35(27-29-37)40-22-13-24-48-51(40)43-21-9-11-23-47(43)55(48)38-30-31-50-44(32-38)42-20-10-12-25-49(42)56-50/h1-33H. The van der Waals surface area contributed by atoms with E-state index in [1.54, 1.807) is 0 Å². The molecule has 0 saturated heterocycles. The fourth-order valence-corrected chi connectivity index (χ4v) is 9.32. The van der Waals surface area contributed by atoms with Crippen LogP contribution in [-0.4, -0.2) is 14.5 Å². The highest BCUT2D eigenvalue weighted by Crippen LogP contribution is 2.41. The molecule has 11 rings (SSSR count). The molecule has 0 fully saturated rings. The van der Waals surface area contributed by atoms with Crippen LogP contribution in [0.5, 0.6) is 0 Å². The van der Waals surface area contributed by atoms with Gasteiger partial charge in [0, 0.05) is 53.3 Å². The van der Waals surface area contributed by atoms with E-state index in [2.05, 4.69) is 199 Å². The van der Waals surface area contributed by atoms with Gasteiger partial charge in [-0.05, 0) is 64.7 Å². The molecule has 11 aromatic rings. The molecule has 8 aromatic carbocycles. The van der Waals surface area contributed by atoms with Gasteiger partial charge in [-0.25, -0.2) is 9.97 Å². The minimum absolute atomic E-state index is 0.696. The van der Waals surface area contributed by atoms with E-state index in [0.29, 0.717) is 5.82 Å². The minimum atomic E-state index is 0.696. The SMILES string of the molecule is c1ccc(-c2cc(-c3ccccc3-c3ccccc3)nc(-c3ccc(-c4cccc5c4c4ccccc4n5-c4ccc5sc6ccccc6c5c4)cc3)n2)cc1. The van der Waals surface area contributed by atoms with Crippen molar-refractivity contribution in [2.24, 2.45) is 0 Å². The number of para-hydroxylation sites is 1. The first-order valence-corrected chi connectivity index (χ1v) is 19.7. The summed E-state index contributed by atoms with van der Waals surface area (Å²) in [5, 5.41) is 5.08. The Morgan fingerprint density at radius 2 is 0.946 bits per heavy atom. The average Bonchev–Trinajstić information content (AvgIpc) is 3.82. The number of aromatic nitrogens is 3. The molecular formula is C52H33N3S. The van der Waals surface area contributed by atoms with E-state index in [1.165, 1.54) is 53.2 Å². The largest absolute Gasteiger partial charge is 0.309 e. The zero-order chi connectivity index (χ0) is 37.0. The molecule has 0 spiro atoms. The topological polar surface area (TPSA) is 30.7 Å². The average molecular weight is 732 g/mol. The van der Waals surface area contributed by atoms with Gasteiger partial charge in [-0.3, -0.25) is 0 Å². The van der Waals surface area contributed by atoms with Crippen molar-refractivity contribution in [1.29, 1.82) is 0 Å². The lowest BCUT2D eigenvalue weighted by molar-refractivity contribution is 1.18. The lowest BCUT2D eigenvalue weighted by Gasteiger charge is -2.13. The van der Waals surface area contributed by atoms with E-state index in [4.69, 9.17) is 9.97 Å². The number of hydrogen-bond acceptors (Lipinski definition) is 3. The summed E-state index contributed by atoms with van der Waals surface area (Å²) in [7, 11) is 0. The molecule has 0 N–H and O–H groups in total. The van der Waals surface area contributed by atoms with Gasteiger partial charge in [0.2, 0.25) is 0 Å². The zero-order valence-electron chi connectivity index (χ0n) is 30.3. The van der Waals surface area contributed by atoms with Gasteiger partial charge in [0.25, 0.3) is 0 Å². The maximum atomic E-state index is 5.24. The van der Waals surface area contributed by atoms with E-state index >= 15 is 0 Å². The molecule has 0 aliphatic rings. The summed E-state index contributed by atoms with van der Waals surface area (Å²) in [5.41, 5.74) is 13.1. The fourth-order valence-electron chi connectivity index (χ4n) is 8.24. The van der Waals surface area contributed by atoms with Gasteiger partial charge in [-0.15, -0.1) is 11.3 Å². The van der Waals surface area contributed by atoms with Gasteiger partial charge >= 0.3 is 0 Å². The predicted octanol–water partition coefficient (Wildman–Crippen LogP) is 14.3. The molecule has 0 amide bonds. The van der Waals surface area contributed by atoms with Gasteiger partial charge in [0.15, 0.2) is 5.82 Å². The lowest BCUT2D eigenvalue weighted by Crippen LogP contribution is -1.97. The van der Waals surface area contributed by atoms with Crippen LogP contribution in [0.1, 0.15) is 0 Å². The first kappa shape index (κ1) is 32.3. The molecule has 3 aromatic heterocycles. The summed E-state index contributed by atoms with van der Waals surface area (Å²) in [4.78, 5) is 10.4. The highest BCUT2D eigenvalue weighted by atomic mass is 32.1. The molecule has 0 radical (unpaired) electrons. The Morgan fingerprint density at radius 1 is 0.357 bits per heavy atom. The van der Waals surface area contributed by atoms with Crippen LogP contribution in [0.2, 0.25) is 0 Å². The molecule has 0 unspecified atom stereocenters. The third kappa shape index (κ3) is 5.42. The number of thiophene rings is 1. The van der Waals surface area contributed by atoms with E-state index in [0.717, 1.165) is 44.8 Å². The Hall–Kier alpha value is -7.14. The smallest absolute Gasteiger partial charge is 0.160 e. The highest BCUT2D eigenvalue weighted by molar-refractivity contribution is 7.25. The molecule has 3 nitrogen and oxygen atoms in total. The van der Waals surface area contributed by atoms with Crippen LogP contribution in [0.3, 0.4) is 0 Å². The van der Waals surface area contributed by atoms with Crippen LogP contribution < -0.4 is 0 Å². The van der Waals surface area contributed by atoms with Crippen LogP contribution in [0, 0.1) is 0 Å². The monoisotopic (exact) mass is 731 g/mol. The van der Waals surface area contributed by atoms with Gasteiger partial charge < -0.3 is 4.57 Å². The van der Waals surface area contributed by atoms with Crippen molar-refractivity contribution in [2.75, 3.05) is 0 Å². The molecule has 56 heavy (non-hydrogen) atoms. The van der Waals surface area contributed by atoms with Crippen molar-refractivity contribution in [3.05, 3.63) is 200 Å². The number of hydrogen-bond donors (Lipinski definition) is 0. The summed E-state index contributed by atoms with van der Waals surface area (Å²) >= 11 is 1.85. The predicted molar refractivity (Wildman–Crippen MR) is 236 cm³/mol. The molecule has 4 heteroatoms. The lowest BCUT2D eigenvalue weighted by atomic mass is 9.96. The number of benzene rings is 8. The van der Waals surface area contributed by atoms with Gasteiger partial charge in [0.1, 0.15) is 0 Å². The van der Waals surface area contributed by atoms with Gasteiger partial charge in [-0.2, -0.15) is 0 Å².